The zero-order valence-corrected chi connectivity index (χ0v) is 55.1. The number of carbonyl (C=O) groups excluding carboxylic acids is 3. The van der Waals surface area contributed by atoms with E-state index in [1.165, 1.54) is 22.7 Å². The van der Waals surface area contributed by atoms with Crippen LogP contribution < -0.4 is 16.0 Å². The first-order valence-electron chi connectivity index (χ1n) is 30.6. The highest BCUT2D eigenvalue weighted by molar-refractivity contribution is 9.09. The third-order valence-corrected chi connectivity index (χ3v) is 16.8. The molecule has 14 aromatic rings. The Morgan fingerprint density at radius 1 is 0.396 bits per heavy atom. The van der Waals surface area contributed by atoms with E-state index >= 15 is 0 Å². The van der Waals surface area contributed by atoms with Crippen molar-refractivity contribution in [2.45, 2.75) is 33.5 Å². The van der Waals surface area contributed by atoms with E-state index < -0.39 is 11.9 Å². The summed E-state index contributed by atoms with van der Waals surface area (Å²) in [5.41, 5.74) is 12.3. The number of Topliss-reactive ketones (excluding diaryl/α,β-unsaturated/α-hetero) is 1. The second-order valence-electron chi connectivity index (χ2n) is 21.0. The molecule has 0 atom stereocenters. The molecule has 0 aliphatic carbocycles. The molecule has 0 bridgehead atoms. The number of fused-ring (bicyclic) bond motifs is 3. The van der Waals surface area contributed by atoms with Crippen LogP contribution in [0.25, 0.3) is 89.1 Å². The third-order valence-electron chi connectivity index (χ3n) is 14.7. The average molecular weight is 1370 g/mol. The molecule has 0 aliphatic rings. The van der Waals surface area contributed by atoms with Gasteiger partial charge in [0.25, 0.3) is 0 Å². The van der Waals surface area contributed by atoms with Crippen LogP contribution in [0, 0.1) is 0 Å². The number of esters is 2. The van der Waals surface area contributed by atoms with Crippen molar-refractivity contribution in [2.24, 2.45) is 0 Å². The van der Waals surface area contributed by atoms with Gasteiger partial charge in [-0.2, -0.15) is 0 Å². The van der Waals surface area contributed by atoms with Crippen molar-refractivity contribution in [1.29, 1.82) is 0 Å². The van der Waals surface area contributed by atoms with Gasteiger partial charge in [-0.3, -0.25) is 19.7 Å². The molecular weight excluding hydrogens is 1310 g/mol. The fourth-order valence-corrected chi connectivity index (χ4v) is 11.9. The second-order valence-corrected chi connectivity index (χ2v) is 23.3. The van der Waals surface area contributed by atoms with Crippen LogP contribution in [-0.4, -0.2) is 91.1 Å². The summed E-state index contributed by atoms with van der Waals surface area (Å²) in [6.45, 7) is 5.62. The lowest BCUT2D eigenvalue weighted by Crippen LogP contribution is -2.11. The molecule has 96 heavy (non-hydrogen) atoms. The average Bonchev–Trinajstić information content (AvgIpc) is 1.09. The van der Waals surface area contributed by atoms with Crippen LogP contribution in [0.2, 0.25) is 0 Å². The van der Waals surface area contributed by atoms with Gasteiger partial charge in [-0.15, -0.1) is 22.7 Å². The van der Waals surface area contributed by atoms with Crippen molar-refractivity contribution < 1.29 is 23.9 Å². The number of rotatable bonds is 20. The molecule has 0 fully saturated rings. The lowest BCUT2D eigenvalue weighted by molar-refractivity contribution is 0.0516. The SMILES string of the molecule is CCOC(=O)c1nc(-c2nc(NCc3ccccn3)c3c(-c4ccccc4)cccc3n2)cs1.CCOC(=O)c1nc(-c2nc(NCc3ccccn3)c3c(-c4ccccc4)cccc3n2)cs1.O=C(CBr)c1nc(NCc2ccccn2)c2c(-c3ccccc3)cccc2n1. The molecule has 6 aromatic carbocycles. The van der Waals surface area contributed by atoms with Gasteiger partial charge in [0.1, 0.15) is 28.8 Å². The Morgan fingerprint density at radius 3 is 1.09 bits per heavy atom. The monoisotopic (exact) mass is 1370 g/mol. The molecule has 0 saturated heterocycles. The number of aromatic nitrogens is 11. The smallest absolute Gasteiger partial charge is 0.367 e. The first kappa shape index (κ1) is 64.6. The van der Waals surface area contributed by atoms with Gasteiger partial charge in [0, 0.05) is 29.4 Å². The normalized spacial score (nSPS) is 10.8. The standard InChI is InChI=1S/2C26H21N5O2S.C22H17BrN4O/c2*1-2-33-26(32)25-30-21(16-34-25)23-29-20-13-8-12-19(17-9-4-3-5-10-17)22(20)24(31-23)28-15-18-11-6-7-14-27-18;23-13-19(28)21-26-18-11-6-10-17(15-7-2-1-3-8-15)20(18)22(27-21)25-14-16-9-4-5-12-24-16/h2*3-14,16H,2,15H2,1H3,(H,28,29,31);1-12H,13-14H2,(H,25,26,27). The third kappa shape index (κ3) is 15.6. The van der Waals surface area contributed by atoms with Crippen LogP contribution in [0.15, 0.2) is 230 Å². The predicted molar refractivity (Wildman–Crippen MR) is 382 cm³/mol. The van der Waals surface area contributed by atoms with E-state index in [2.05, 4.69) is 115 Å². The quantitative estimate of drug-likeness (QED) is 0.0364. The molecule has 19 nitrogen and oxygen atoms in total. The molecular formula is C74H59BrN14O5S2. The van der Waals surface area contributed by atoms with Gasteiger partial charge in [-0.1, -0.05) is 162 Å². The Labute approximate surface area is 568 Å². The second kappa shape index (κ2) is 31.4. The molecule has 0 spiro atoms. The molecule has 0 unspecified atom stereocenters. The zero-order chi connectivity index (χ0) is 66.0. The van der Waals surface area contributed by atoms with Crippen LogP contribution in [0.5, 0.6) is 0 Å². The summed E-state index contributed by atoms with van der Waals surface area (Å²) in [5, 5.41) is 17.2. The number of pyridine rings is 3. The molecule has 0 radical (unpaired) electrons. The molecule has 0 amide bonds. The number of thiazole rings is 2. The minimum atomic E-state index is -0.445. The summed E-state index contributed by atoms with van der Waals surface area (Å²) in [5.74, 6) is 2.00. The summed E-state index contributed by atoms with van der Waals surface area (Å²) < 4.78 is 10.1. The minimum absolute atomic E-state index is 0.159. The van der Waals surface area contributed by atoms with Crippen LogP contribution in [0.3, 0.4) is 0 Å². The van der Waals surface area contributed by atoms with Crippen molar-refractivity contribution in [3.8, 4) is 56.4 Å². The Kier molecular flexibility index (Phi) is 21.2. The van der Waals surface area contributed by atoms with Crippen molar-refractivity contribution in [2.75, 3.05) is 34.5 Å². The Morgan fingerprint density at radius 2 is 0.750 bits per heavy atom. The maximum Gasteiger partial charge on any atom is 0.367 e. The minimum Gasteiger partial charge on any atom is -0.461 e. The highest BCUT2D eigenvalue weighted by atomic mass is 79.9. The first-order valence-corrected chi connectivity index (χ1v) is 33.4. The summed E-state index contributed by atoms with van der Waals surface area (Å²) in [7, 11) is 0. The fourth-order valence-electron chi connectivity index (χ4n) is 10.3. The molecule has 0 aliphatic heterocycles. The van der Waals surface area contributed by atoms with Gasteiger partial charge in [0.15, 0.2) is 17.5 Å². The molecule has 3 N–H and O–H groups in total. The van der Waals surface area contributed by atoms with Gasteiger partial charge < -0.3 is 25.4 Å². The largest absolute Gasteiger partial charge is 0.461 e. The molecule has 0 saturated carbocycles. The van der Waals surface area contributed by atoms with Crippen molar-refractivity contribution in [1.82, 2.24) is 54.8 Å². The van der Waals surface area contributed by atoms with Crippen molar-refractivity contribution in [3.63, 3.8) is 0 Å². The highest BCUT2D eigenvalue weighted by Crippen LogP contribution is 2.38. The molecule has 14 rings (SSSR count). The van der Waals surface area contributed by atoms with E-state index in [4.69, 9.17) is 29.4 Å². The van der Waals surface area contributed by atoms with Crippen LogP contribution >= 0.6 is 38.6 Å². The Bertz CT molecular complexity index is 4760. The lowest BCUT2D eigenvalue weighted by atomic mass is 10.0. The number of anilines is 3. The topological polar surface area (TPSA) is 248 Å². The van der Waals surface area contributed by atoms with Gasteiger partial charge in [-0.05, 0) is 102 Å². The molecule has 8 aromatic heterocycles. The van der Waals surface area contributed by atoms with E-state index in [9.17, 15) is 14.4 Å². The van der Waals surface area contributed by atoms with Crippen LogP contribution in [-0.2, 0) is 29.1 Å². The fraction of sp³-hybridized carbons (Fsp3) is 0.108. The van der Waals surface area contributed by atoms with E-state index in [1.807, 2.05) is 152 Å². The number of nitrogens with one attached hydrogen (secondary N) is 3. The summed E-state index contributed by atoms with van der Waals surface area (Å²) in [4.78, 5) is 86.7. The Hall–Kier alpha value is -11.5. The van der Waals surface area contributed by atoms with Gasteiger partial charge in [0.05, 0.1) is 88.0 Å². The number of ketones is 1. The predicted octanol–water partition coefficient (Wildman–Crippen LogP) is 16.1. The van der Waals surface area contributed by atoms with Crippen molar-refractivity contribution >= 4 is 106 Å². The highest BCUT2D eigenvalue weighted by Gasteiger charge is 2.22. The Balaban J connectivity index is 0.000000138. The number of benzene rings is 6. The zero-order valence-electron chi connectivity index (χ0n) is 51.8. The molecule has 22 heteroatoms. The summed E-state index contributed by atoms with van der Waals surface area (Å²) >= 11 is 5.64. The van der Waals surface area contributed by atoms with Crippen LogP contribution in [0.4, 0.5) is 17.5 Å². The van der Waals surface area contributed by atoms with E-state index in [-0.39, 0.29) is 27.0 Å². The molecule has 474 valence electrons. The lowest BCUT2D eigenvalue weighted by Gasteiger charge is -2.14. The number of carbonyl (C=O) groups is 3. The molecule has 8 heterocycles. The van der Waals surface area contributed by atoms with Crippen molar-refractivity contribution in [3.05, 3.63) is 262 Å². The maximum atomic E-state index is 12.2. The van der Waals surface area contributed by atoms with E-state index in [0.717, 1.165) is 83.2 Å². The number of hydrogen-bond donors (Lipinski definition) is 3. The maximum absolute atomic E-state index is 12.2. The number of hydrogen-bond acceptors (Lipinski definition) is 21. The summed E-state index contributed by atoms with van der Waals surface area (Å²) in [6, 6.07) is 65.6. The van der Waals surface area contributed by atoms with E-state index in [0.29, 0.717) is 73.3 Å². The van der Waals surface area contributed by atoms with Gasteiger partial charge >= 0.3 is 11.9 Å². The number of halogens is 1. The van der Waals surface area contributed by atoms with Gasteiger partial charge in [-0.25, -0.2) is 49.5 Å². The number of alkyl halides is 1. The summed E-state index contributed by atoms with van der Waals surface area (Å²) in [6.07, 6.45) is 5.29. The van der Waals surface area contributed by atoms with E-state index in [1.54, 1.807) is 43.2 Å². The number of nitrogens with zero attached hydrogens (tertiary/aromatic N) is 11. The number of ether oxygens (including phenoxy) is 2. The van der Waals surface area contributed by atoms with Gasteiger partial charge in [0.2, 0.25) is 15.8 Å². The van der Waals surface area contributed by atoms with Crippen LogP contribution in [0.1, 0.15) is 61.2 Å². The first-order chi connectivity index (χ1) is 47.2.